The summed E-state index contributed by atoms with van der Waals surface area (Å²) in [5.74, 6) is -0.418. The normalized spacial score (nSPS) is 12.1. The first-order valence-electron chi connectivity index (χ1n) is 7.16. The molecule has 0 fully saturated rings. The van der Waals surface area contributed by atoms with Gasteiger partial charge in [0.25, 0.3) is 0 Å². The molecule has 1 aromatic heterocycles. The lowest BCUT2D eigenvalue weighted by Gasteiger charge is -2.08. The highest BCUT2D eigenvalue weighted by molar-refractivity contribution is 8.02. The van der Waals surface area contributed by atoms with Crippen molar-refractivity contribution in [3.8, 4) is 5.69 Å². The second kappa shape index (κ2) is 7.38. The van der Waals surface area contributed by atoms with Crippen molar-refractivity contribution >= 4 is 41.1 Å². The molecule has 0 saturated heterocycles. The molecule has 0 saturated carbocycles. The van der Waals surface area contributed by atoms with E-state index >= 15 is 0 Å². The van der Waals surface area contributed by atoms with Crippen LogP contribution in [-0.2, 0) is 0 Å². The van der Waals surface area contributed by atoms with Crippen LogP contribution in [0, 0.1) is 9.77 Å². The molecule has 0 aliphatic rings. The van der Waals surface area contributed by atoms with Crippen LogP contribution in [-0.4, -0.2) is 20.8 Å². The smallest absolute Gasteiger partial charge is 0.184 e. The fraction of sp³-hybridized carbons (Fsp3) is 0.118. The summed E-state index contributed by atoms with van der Waals surface area (Å²) in [5.41, 5.74) is 1.38. The van der Waals surface area contributed by atoms with Crippen molar-refractivity contribution in [3.63, 3.8) is 0 Å². The lowest BCUT2D eigenvalue weighted by Crippen LogP contribution is -2.13. The number of halogens is 1. The number of rotatable bonds is 5. The van der Waals surface area contributed by atoms with E-state index in [0.717, 1.165) is 10.0 Å². The van der Waals surface area contributed by atoms with Crippen molar-refractivity contribution in [2.24, 2.45) is 0 Å². The predicted molar refractivity (Wildman–Crippen MR) is 98.3 cm³/mol. The Hall–Kier alpha value is -1.83. The molecule has 3 aromatic rings. The number of hydrogen-bond donors (Lipinski definition) is 0. The van der Waals surface area contributed by atoms with E-state index in [0.29, 0.717) is 9.52 Å². The van der Waals surface area contributed by atoms with Crippen LogP contribution < -0.4 is 0 Å². The monoisotopic (exact) mass is 376 g/mol. The summed E-state index contributed by atoms with van der Waals surface area (Å²) in [4.78, 5) is 12.4. The second-order valence-electron chi connectivity index (χ2n) is 5.01. The third-order valence-corrected chi connectivity index (χ3v) is 5.72. The molecule has 0 radical (unpaired) electrons. The van der Waals surface area contributed by atoms with Crippen molar-refractivity contribution in [2.45, 2.75) is 16.5 Å². The third-order valence-electron chi connectivity index (χ3n) is 3.31. The molecule has 0 bridgehead atoms. The van der Waals surface area contributed by atoms with E-state index in [1.807, 2.05) is 37.3 Å². The van der Waals surface area contributed by atoms with E-state index in [-0.39, 0.29) is 16.9 Å². The van der Waals surface area contributed by atoms with Crippen molar-refractivity contribution in [1.82, 2.24) is 9.78 Å². The molecule has 24 heavy (non-hydrogen) atoms. The zero-order valence-electron chi connectivity index (χ0n) is 12.7. The molecule has 0 N–H and O–H groups in total. The fourth-order valence-electron chi connectivity index (χ4n) is 2.09. The minimum Gasteiger partial charge on any atom is -0.293 e. The molecule has 0 aliphatic carbocycles. The first kappa shape index (κ1) is 17.0. The average molecular weight is 377 g/mol. The standard InChI is InChI=1S/C17H13FN2OS3/c1-11(15(21)12-7-9-13(18)10-8-12)23-16-19-20(17(22)24-16)14-5-3-2-4-6-14/h2-11H,1H3/t11-/m1/s1. The van der Waals surface area contributed by atoms with Gasteiger partial charge in [-0.3, -0.25) is 4.79 Å². The minimum absolute atomic E-state index is 0.0626. The van der Waals surface area contributed by atoms with Crippen molar-refractivity contribution < 1.29 is 9.18 Å². The fourth-order valence-corrected chi connectivity index (χ4v) is 4.68. The molecule has 1 atom stereocenters. The number of benzene rings is 2. The van der Waals surface area contributed by atoms with Gasteiger partial charge in [-0.25, -0.2) is 9.07 Å². The highest BCUT2D eigenvalue weighted by Crippen LogP contribution is 2.29. The van der Waals surface area contributed by atoms with Crippen LogP contribution in [0.4, 0.5) is 4.39 Å². The van der Waals surface area contributed by atoms with E-state index in [9.17, 15) is 9.18 Å². The Morgan fingerprint density at radius 2 is 1.88 bits per heavy atom. The number of nitrogens with zero attached hydrogens (tertiary/aromatic N) is 2. The minimum atomic E-state index is -0.355. The predicted octanol–water partition coefficient (Wildman–Crippen LogP) is 5.17. The summed E-state index contributed by atoms with van der Waals surface area (Å²) < 4.78 is 16.0. The SMILES string of the molecule is C[C@@H](Sc1nn(-c2ccccc2)c(=S)s1)C(=O)c1ccc(F)cc1. The molecule has 7 heteroatoms. The summed E-state index contributed by atoms with van der Waals surface area (Å²) in [6, 6.07) is 15.2. The molecule has 0 spiro atoms. The Kier molecular flexibility index (Phi) is 5.23. The molecule has 122 valence electrons. The van der Waals surface area contributed by atoms with Gasteiger partial charge in [0.2, 0.25) is 0 Å². The van der Waals surface area contributed by atoms with Crippen LogP contribution in [0.25, 0.3) is 5.69 Å². The maximum Gasteiger partial charge on any atom is 0.184 e. The van der Waals surface area contributed by atoms with Gasteiger partial charge >= 0.3 is 0 Å². The number of para-hydroxylation sites is 1. The number of thioether (sulfide) groups is 1. The summed E-state index contributed by atoms with van der Waals surface area (Å²) in [6.45, 7) is 1.81. The summed E-state index contributed by atoms with van der Waals surface area (Å²) >= 11 is 8.09. The topological polar surface area (TPSA) is 34.9 Å². The van der Waals surface area contributed by atoms with E-state index in [2.05, 4.69) is 5.10 Å². The lowest BCUT2D eigenvalue weighted by atomic mass is 10.1. The van der Waals surface area contributed by atoms with E-state index < -0.39 is 0 Å². The second-order valence-corrected chi connectivity index (χ2v) is 8.22. The summed E-state index contributed by atoms with van der Waals surface area (Å²) in [5, 5.41) is 4.16. The van der Waals surface area contributed by atoms with E-state index in [1.165, 1.54) is 47.4 Å². The molecule has 0 unspecified atom stereocenters. The van der Waals surface area contributed by atoms with Crippen LogP contribution in [0.15, 0.2) is 58.9 Å². The number of ketones is 1. The maximum atomic E-state index is 13.0. The average Bonchev–Trinajstić information content (AvgIpc) is 2.96. The van der Waals surface area contributed by atoms with Crippen molar-refractivity contribution in [2.75, 3.05) is 0 Å². The molecule has 3 rings (SSSR count). The number of aromatic nitrogens is 2. The molecular weight excluding hydrogens is 363 g/mol. The Labute approximate surface area is 152 Å². The number of Topliss-reactive ketones (excluding diaryl/α,β-unsaturated/α-hetero) is 1. The molecule has 2 aromatic carbocycles. The van der Waals surface area contributed by atoms with Gasteiger partial charge in [-0.15, -0.1) is 5.10 Å². The van der Waals surface area contributed by atoms with Crippen molar-refractivity contribution in [3.05, 3.63) is 69.9 Å². The largest absolute Gasteiger partial charge is 0.293 e. The van der Waals surface area contributed by atoms with Crippen LogP contribution in [0.1, 0.15) is 17.3 Å². The number of carbonyl (C=O) groups is 1. The maximum absolute atomic E-state index is 13.0. The summed E-state index contributed by atoms with van der Waals surface area (Å²) in [7, 11) is 0. The quantitative estimate of drug-likeness (QED) is 0.350. The van der Waals surface area contributed by atoms with Gasteiger partial charge in [0.05, 0.1) is 10.9 Å². The van der Waals surface area contributed by atoms with Crippen LogP contribution in [0.2, 0.25) is 0 Å². The van der Waals surface area contributed by atoms with Crippen LogP contribution in [0.5, 0.6) is 0 Å². The van der Waals surface area contributed by atoms with Gasteiger partial charge in [0.1, 0.15) is 5.82 Å². The van der Waals surface area contributed by atoms with Gasteiger partial charge < -0.3 is 0 Å². The Bertz CT molecular complexity index is 904. The first-order chi connectivity index (χ1) is 11.5. The highest BCUT2D eigenvalue weighted by Gasteiger charge is 2.19. The molecule has 0 aliphatic heterocycles. The van der Waals surface area contributed by atoms with Gasteiger partial charge in [-0.2, -0.15) is 0 Å². The molecular formula is C17H13FN2OS3. The zero-order valence-corrected chi connectivity index (χ0v) is 15.1. The molecule has 0 amide bonds. The van der Waals surface area contributed by atoms with Gasteiger partial charge in [-0.05, 0) is 55.5 Å². The highest BCUT2D eigenvalue weighted by atomic mass is 32.2. The Balaban J connectivity index is 1.78. The van der Waals surface area contributed by atoms with Gasteiger partial charge in [0, 0.05) is 5.56 Å². The Morgan fingerprint density at radius 1 is 1.21 bits per heavy atom. The Morgan fingerprint density at radius 3 is 2.54 bits per heavy atom. The molecule has 3 nitrogen and oxygen atoms in total. The van der Waals surface area contributed by atoms with E-state index in [1.54, 1.807) is 4.68 Å². The van der Waals surface area contributed by atoms with Gasteiger partial charge in [-0.1, -0.05) is 41.3 Å². The van der Waals surface area contributed by atoms with Crippen molar-refractivity contribution in [1.29, 1.82) is 0 Å². The van der Waals surface area contributed by atoms with Crippen LogP contribution in [0.3, 0.4) is 0 Å². The zero-order chi connectivity index (χ0) is 17.1. The summed E-state index contributed by atoms with van der Waals surface area (Å²) in [6.07, 6.45) is 0. The number of carbonyl (C=O) groups excluding carboxylic acids is 1. The number of hydrogen-bond acceptors (Lipinski definition) is 5. The first-order valence-corrected chi connectivity index (χ1v) is 9.27. The van der Waals surface area contributed by atoms with E-state index in [4.69, 9.17) is 12.2 Å². The van der Waals surface area contributed by atoms with Gasteiger partial charge in [0.15, 0.2) is 14.1 Å². The molecule has 1 heterocycles. The van der Waals surface area contributed by atoms with Crippen LogP contribution >= 0.6 is 35.3 Å². The lowest BCUT2D eigenvalue weighted by molar-refractivity contribution is 0.0994. The third kappa shape index (κ3) is 3.80.